The van der Waals surface area contributed by atoms with Crippen LogP contribution >= 0.6 is 0 Å². The molecule has 1 saturated heterocycles. The third-order valence-electron chi connectivity index (χ3n) is 1.77. The fourth-order valence-corrected chi connectivity index (χ4v) is 1.19. The van der Waals surface area contributed by atoms with Gasteiger partial charge in [0.05, 0.1) is 0 Å². The van der Waals surface area contributed by atoms with Crippen LogP contribution in [-0.2, 0) is 4.79 Å². The predicted octanol–water partition coefficient (Wildman–Crippen LogP) is 1.18. The Kier molecular flexibility index (Phi) is 2.10. The molecule has 0 aromatic rings. The molecule has 1 aliphatic heterocycles. The van der Waals surface area contributed by atoms with Crippen LogP contribution in [0.25, 0.3) is 0 Å². The summed E-state index contributed by atoms with van der Waals surface area (Å²) in [5, 5.41) is 0. The van der Waals surface area contributed by atoms with Gasteiger partial charge in [-0.05, 0) is 12.8 Å². The number of carbonyl (C=O) groups is 1. The van der Waals surface area contributed by atoms with Crippen molar-refractivity contribution in [3.05, 3.63) is 12.2 Å². The number of carbonyl (C=O) groups excluding carboxylic acids is 1. The molecule has 0 unspecified atom stereocenters. The van der Waals surface area contributed by atoms with E-state index in [0.717, 1.165) is 31.5 Å². The van der Waals surface area contributed by atoms with Crippen molar-refractivity contribution in [3.63, 3.8) is 0 Å². The smallest absolute Gasteiger partial charge is 0.249 e. The van der Waals surface area contributed by atoms with Crippen molar-refractivity contribution in [1.29, 1.82) is 0 Å². The van der Waals surface area contributed by atoms with E-state index in [-0.39, 0.29) is 5.91 Å². The summed E-state index contributed by atoms with van der Waals surface area (Å²) in [5.41, 5.74) is 0.772. The summed E-state index contributed by atoms with van der Waals surface area (Å²) in [7, 11) is 0. The van der Waals surface area contributed by atoms with E-state index in [1.54, 1.807) is 0 Å². The zero-order valence-electron chi connectivity index (χ0n) is 6.39. The first-order chi connectivity index (χ1) is 4.75. The highest BCUT2D eigenvalue weighted by Crippen LogP contribution is 2.14. The van der Waals surface area contributed by atoms with E-state index in [1.165, 1.54) is 0 Å². The summed E-state index contributed by atoms with van der Waals surface area (Å²) >= 11 is 0. The molecular weight excluding hydrogens is 126 g/mol. The molecule has 0 N–H and O–H groups in total. The lowest BCUT2D eigenvalue weighted by molar-refractivity contribution is -0.124. The summed E-state index contributed by atoms with van der Waals surface area (Å²) in [4.78, 5) is 13.0. The largest absolute Gasteiger partial charge is 0.339 e. The van der Waals surface area contributed by atoms with Gasteiger partial charge in [-0.2, -0.15) is 0 Å². The molecule has 1 fully saturated rings. The van der Waals surface area contributed by atoms with Crippen molar-refractivity contribution in [2.45, 2.75) is 19.8 Å². The van der Waals surface area contributed by atoms with Crippen LogP contribution < -0.4 is 0 Å². The molecule has 0 aromatic carbocycles. The second-order valence-electron chi connectivity index (χ2n) is 2.65. The lowest BCUT2D eigenvalue weighted by atomic mass is 10.3. The highest BCUT2D eigenvalue weighted by Gasteiger charge is 2.22. The fourth-order valence-electron chi connectivity index (χ4n) is 1.19. The molecule has 0 bridgehead atoms. The van der Waals surface area contributed by atoms with E-state index >= 15 is 0 Å². The second-order valence-corrected chi connectivity index (χ2v) is 2.65. The van der Waals surface area contributed by atoms with Crippen molar-refractivity contribution in [3.8, 4) is 0 Å². The second kappa shape index (κ2) is 2.86. The number of rotatable bonds is 2. The zero-order chi connectivity index (χ0) is 7.56. The molecule has 2 nitrogen and oxygen atoms in total. The van der Waals surface area contributed by atoms with E-state index in [0.29, 0.717) is 0 Å². The van der Waals surface area contributed by atoms with Gasteiger partial charge in [-0.25, -0.2) is 0 Å². The molecule has 1 aliphatic rings. The van der Waals surface area contributed by atoms with Gasteiger partial charge < -0.3 is 4.90 Å². The van der Waals surface area contributed by atoms with Gasteiger partial charge in [-0.1, -0.05) is 13.5 Å². The summed E-state index contributed by atoms with van der Waals surface area (Å²) in [5.74, 6) is 0.154. The molecule has 56 valence electrons. The van der Waals surface area contributed by atoms with Gasteiger partial charge in [0.25, 0.3) is 0 Å². The molecule has 0 aliphatic carbocycles. The van der Waals surface area contributed by atoms with Crippen LogP contribution in [0.15, 0.2) is 12.2 Å². The molecule has 1 heterocycles. The first kappa shape index (κ1) is 7.32. The van der Waals surface area contributed by atoms with E-state index in [9.17, 15) is 4.79 Å². The minimum atomic E-state index is 0.154. The molecule has 10 heavy (non-hydrogen) atoms. The van der Waals surface area contributed by atoms with E-state index in [1.807, 2.05) is 4.90 Å². The third-order valence-corrected chi connectivity index (χ3v) is 1.77. The van der Waals surface area contributed by atoms with Crippen molar-refractivity contribution in [1.82, 2.24) is 4.90 Å². The Morgan fingerprint density at radius 1 is 1.70 bits per heavy atom. The molecule has 0 spiro atoms. The molecule has 0 atom stereocenters. The summed E-state index contributed by atoms with van der Waals surface area (Å²) in [6.07, 6.45) is 1.90. The summed E-state index contributed by atoms with van der Waals surface area (Å²) < 4.78 is 0. The Bertz CT molecular complexity index is 163. The minimum Gasteiger partial charge on any atom is -0.339 e. The molecular formula is C8H13NO. The van der Waals surface area contributed by atoms with Crippen molar-refractivity contribution < 1.29 is 4.79 Å². The Hall–Kier alpha value is -0.790. The topological polar surface area (TPSA) is 20.3 Å². The quantitative estimate of drug-likeness (QED) is 0.526. The Morgan fingerprint density at radius 3 is 2.80 bits per heavy atom. The number of amides is 1. The highest BCUT2D eigenvalue weighted by atomic mass is 16.2. The van der Waals surface area contributed by atoms with Crippen LogP contribution in [0.3, 0.4) is 0 Å². The van der Waals surface area contributed by atoms with Gasteiger partial charge in [0, 0.05) is 18.7 Å². The number of likely N-dealkylation sites (tertiary alicyclic amines) is 1. The van der Waals surface area contributed by atoms with E-state index < -0.39 is 0 Å². The Morgan fingerprint density at radius 2 is 2.40 bits per heavy atom. The molecule has 1 rings (SSSR count). The SMILES string of the molecule is C=C1CCN(CCC)C1=O. The average Bonchev–Trinajstić information content (AvgIpc) is 2.20. The van der Waals surface area contributed by atoms with E-state index in [4.69, 9.17) is 0 Å². The average molecular weight is 139 g/mol. The summed E-state index contributed by atoms with van der Waals surface area (Å²) in [6.45, 7) is 7.52. The molecule has 0 radical (unpaired) electrons. The van der Waals surface area contributed by atoms with Gasteiger partial charge in [0.1, 0.15) is 0 Å². The molecule has 0 saturated carbocycles. The van der Waals surface area contributed by atoms with E-state index in [2.05, 4.69) is 13.5 Å². The molecule has 0 aromatic heterocycles. The summed E-state index contributed by atoms with van der Waals surface area (Å²) in [6, 6.07) is 0. The first-order valence-electron chi connectivity index (χ1n) is 3.72. The number of hydrogen-bond donors (Lipinski definition) is 0. The van der Waals surface area contributed by atoms with Crippen LogP contribution in [0.4, 0.5) is 0 Å². The normalized spacial score (nSPS) is 18.7. The molecule has 2 heteroatoms. The van der Waals surface area contributed by atoms with Crippen LogP contribution in [-0.4, -0.2) is 23.9 Å². The monoisotopic (exact) mass is 139 g/mol. The lowest BCUT2D eigenvalue weighted by Gasteiger charge is -2.12. The predicted molar refractivity (Wildman–Crippen MR) is 40.6 cm³/mol. The van der Waals surface area contributed by atoms with Gasteiger partial charge in [0.15, 0.2) is 0 Å². The maximum absolute atomic E-state index is 11.1. The Labute approximate surface area is 61.5 Å². The van der Waals surface area contributed by atoms with Crippen LogP contribution in [0, 0.1) is 0 Å². The minimum absolute atomic E-state index is 0.154. The van der Waals surface area contributed by atoms with Crippen molar-refractivity contribution in [2.24, 2.45) is 0 Å². The number of hydrogen-bond acceptors (Lipinski definition) is 1. The third kappa shape index (κ3) is 1.20. The first-order valence-corrected chi connectivity index (χ1v) is 3.72. The van der Waals surface area contributed by atoms with Gasteiger partial charge >= 0.3 is 0 Å². The standard InChI is InChI=1S/C8H13NO/c1-3-5-9-6-4-7(2)8(9)10/h2-6H2,1H3. The maximum Gasteiger partial charge on any atom is 0.249 e. The van der Waals surface area contributed by atoms with Gasteiger partial charge in [-0.3, -0.25) is 4.79 Å². The fraction of sp³-hybridized carbons (Fsp3) is 0.625. The van der Waals surface area contributed by atoms with Crippen molar-refractivity contribution >= 4 is 5.91 Å². The zero-order valence-corrected chi connectivity index (χ0v) is 6.39. The van der Waals surface area contributed by atoms with Crippen LogP contribution in [0.5, 0.6) is 0 Å². The van der Waals surface area contributed by atoms with Gasteiger partial charge in [0.2, 0.25) is 5.91 Å². The van der Waals surface area contributed by atoms with Crippen molar-refractivity contribution in [2.75, 3.05) is 13.1 Å². The Balaban J connectivity index is 2.49. The molecule has 1 amide bonds. The maximum atomic E-state index is 11.1. The lowest BCUT2D eigenvalue weighted by Crippen LogP contribution is -2.25. The van der Waals surface area contributed by atoms with Gasteiger partial charge in [-0.15, -0.1) is 0 Å². The van der Waals surface area contributed by atoms with Crippen LogP contribution in [0.1, 0.15) is 19.8 Å². The highest BCUT2D eigenvalue weighted by molar-refractivity contribution is 5.94. The van der Waals surface area contributed by atoms with Crippen LogP contribution in [0.2, 0.25) is 0 Å². The number of nitrogens with zero attached hydrogens (tertiary/aromatic N) is 1.